The van der Waals surface area contributed by atoms with Gasteiger partial charge in [-0.25, -0.2) is 4.79 Å². The minimum absolute atomic E-state index is 0.324. The second kappa shape index (κ2) is 11.1. The summed E-state index contributed by atoms with van der Waals surface area (Å²) in [6, 6.07) is 5.35. The molecule has 1 aromatic carbocycles. The number of carbonyl (C=O) groups excluding carboxylic acids is 2. The van der Waals surface area contributed by atoms with Crippen LogP contribution < -0.4 is 14.8 Å². The molecular formula is C18H25NO6. The van der Waals surface area contributed by atoms with Crippen LogP contribution >= 0.6 is 0 Å². The van der Waals surface area contributed by atoms with Crippen molar-refractivity contribution in [1.82, 2.24) is 5.32 Å². The maximum absolute atomic E-state index is 11.8. The van der Waals surface area contributed by atoms with Gasteiger partial charge >= 0.3 is 5.97 Å². The van der Waals surface area contributed by atoms with E-state index in [1.54, 1.807) is 12.1 Å². The SMILES string of the molecule is C/C=C/c1ccc(OCC(=O)O[C@H](C)C(=O)NCCOC)c(OC)c1. The molecule has 1 amide bonds. The molecule has 0 radical (unpaired) electrons. The molecule has 0 bridgehead atoms. The molecule has 0 aromatic heterocycles. The molecule has 0 aliphatic rings. The zero-order chi connectivity index (χ0) is 18.7. The van der Waals surface area contributed by atoms with Gasteiger partial charge in [-0.3, -0.25) is 4.79 Å². The van der Waals surface area contributed by atoms with Crippen LogP contribution in [0.3, 0.4) is 0 Å². The molecule has 138 valence electrons. The van der Waals surface area contributed by atoms with E-state index < -0.39 is 18.0 Å². The van der Waals surface area contributed by atoms with Crippen molar-refractivity contribution in [3.05, 3.63) is 29.8 Å². The molecule has 0 saturated heterocycles. The van der Waals surface area contributed by atoms with Crippen molar-refractivity contribution in [2.75, 3.05) is 34.0 Å². The normalized spacial score (nSPS) is 11.8. The first kappa shape index (κ1) is 20.5. The number of carbonyl (C=O) groups is 2. The van der Waals surface area contributed by atoms with Crippen molar-refractivity contribution in [3.63, 3.8) is 0 Å². The molecule has 1 rings (SSSR count). The van der Waals surface area contributed by atoms with E-state index >= 15 is 0 Å². The van der Waals surface area contributed by atoms with E-state index in [0.29, 0.717) is 24.7 Å². The number of nitrogens with one attached hydrogen (secondary N) is 1. The third-order valence-electron chi connectivity index (χ3n) is 3.18. The minimum Gasteiger partial charge on any atom is -0.493 e. The van der Waals surface area contributed by atoms with Crippen molar-refractivity contribution < 1.29 is 28.5 Å². The number of allylic oxidation sites excluding steroid dienone is 1. The summed E-state index contributed by atoms with van der Waals surface area (Å²) >= 11 is 0. The summed E-state index contributed by atoms with van der Waals surface area (Å²) in [6.45, 7) is 3.82. The number of hydrogen-bond donors (Lipinski definition) is 1. The van der Waals surface area contributed by atoms with E-state index in [1.807, 2.05) is 25.1 Å². The molecule has 0 saturated carbocycles. The number of methoxy groups -OCH3 is 2. The number of ether oxygens (including phenoxy) is 4. The molecule has 25 heavy (non-hydrogen) atoms. The lowest BCUT2D eigenvalue weighted by Crippen LogP contribution is -2.38. The highest BCUT2D eigenvalue weighted by atomic mass is 16.6. The Morgan fingerprint density at radius 2 is 2.00 bits per heavy atom. The average molecular weight is 351 g/mol. The third-order valence-corrected chi connectivity index (χ3v) is 3.18. The Labute approximate surface area is 147 Å². The maximum atomic E-state index is 11.8. The molecule has 0 aliphatic heterocycles. The summed E-state index contributed by atoms with van der Waals surface area (Å²) in [5.74, 6) is -0.105. The van der Waals surface area contributed by atoms with Gasteiger partial charge in [0, 0.05) is 13.7 Å². The first-order valence-corrected chi connectivity index (χ1v) is 7.91. The standard InChI is InChI=1S/C18H25NO6/c1-5-6-14-7-8-15(16(11-14)23-4)24-12-17(20)25-13(2)18(21)19-9-10-22-3/h5-8,11,13H,9-10,12H2,1-4H3,(H,19,21)/b6-5+/t13-/m1/s1. The number of amides is 1. The number of benzene rings is 1. The van der Waals surface area contributed by atoms with E-state index in [-0.39, 0.29) is 6.61 Å². The predicted octanol–water partition coefficient (Wildman–Crippen LogP) is 1.80. The smallest absolute Gasteiger partial charge is 0.344 e. The highest BCUT2D eigenvalue weighted by Crippen LogP contribution is 2.28. The second-order valence-corrected chi connectivity index (χ2v) is 5.11. The van der Waals surface area contributed by atoms with E-state index in [2.05, 4.69) is 5.32 Å². The Morgan fingerprint density at radius 3 is 2.64 bits per heavy atom. The van der Waals surface area contributed by atoms with Crippen molar-refractivity contribution >= 4 is 18.0 Å². The molecule has 7 nitrogen and oxygen atoms in total. The minimum atomic E-state index is -0.910. The first-order chi connectivity index (χ1) is 12.0. The van der Waals surface area contributed by atoms with Crippen LogP contribution in [0.25, 0.3) is 6.08 Å². The Bertz CT molecular complexity index is 599. The molecule has 0 aliphatic carbocycles. The zero-order valence-electron chi connectivity index (χ0n) is 15.0. The van der Waals surface area contributed by atoms with Gasteiger partial charge in [-0.2, -0.15) is 0 Å². The first-order valence-electron chi connectivity index (χ1n) is 7.91. The van der Waals surface area contributed by atoms with Crippen LogP contribution in [0.4, 0.5) is 0 Å². The highest BCUT2D eigenvalue weighted by molar-refractivity contribution is 5.83. The second-order valence-electron chi connectivity index (χ2n) is 5.11. The molecule has 7 heteroatoms. The van der Waals surface area contributed by atoms with Gasteiger partial charge in [0.1, 0.15) is 0 Å². The summed E-state index contributed by atoms with van der Waals surface area (Å²) in [7, 11) is 3.05. The Balaban J connectivity index is 2.51. The number of esters is 1. The Hall–Kier alpha value is -2.54. The summed E-state index contributed by atoms with van der Waals surface area (Å²) in [5.41, 5.74) is 0.954. The van der Waals surface area contributed by atoms with E-state index in [0.717, 1.165) is 5.56 Å². The summed E-state index contributed by atoms with van der Waals surface area (Å²) in [6.07, 6.45) is 2.92. The lowest BCUT2D eigenvalue weighted by Gasteiger charge is -2.14. The lowest BCUT2D eigenvalue weighted by molar-refractivity contribution is -0.156. The van der Waals surface area contributed by atoms with Crippen LogP contribution in [0.5, 0.6) is 11.5 Å². The van der Waals surface area contributed by atoms with Gasteiger partial charge in [-0.1, -0.05) is 18.2 Å². The molecule has 1 aromatic rings. The largest absolute Gasteiger partial charge is 0.493 e. The van der Waals surface area contributed by atoms with E-state index in [1.165, 1.54) is 21.1 Å². The predicted molar refractivity (Wildman–Crippen MR) is 93.6 cm³/mol. The van der Waals surface area contributed by atoms with Crippen molar-refractivity contribution in [1.29, 1.82) is 0 Å². The fraction of sp³-hybridized carbons (Fsp3) is 0.444. The monoisotopic (exact) mass is 351 g/mol. The lowest BCUT2D eigenvalue weighted by atomic mass is 10.2. The molecule has 0 heterocycles. The van der Waals surface area contributed by atoms with Gasteiger partial charge in [0.05, 0.1) is 13.7 Å². The van der Waals surface area contributed by atoms with Crippen LogP contribution in [0.1, 0.15) is 19.4 Å². The fourth-order valence-corrected chi connectivity index (χ4v) is 1.94. The number of rotatable bonds is 10. The highest BCUT2D eigenvalue weighted by Gasteiger charge is 2.18. The van der Waals surface area contributed by atoms with Gasteiger partial charge in [0.2, 0.25) is 0 Å². The van der Waals surface area contributed by atoms with Gasteiger partial charge in [-0.05, 0) is 31.5 Å². The van der Waals surface area contributed by atoms with Gasteiger partial charge in [0.15, 0.2) is 24.2 Å². The van der Waals surface area contributed by atoms with Crippen LogP contribution in [0.2, 0.25) is 0 Å². The fourth-order valence-electron chi connectivity index (χ4n) is 1.94. The van der Waals surface area contributed by atoms with Crippen LogP contribution in [0.15, 0.2) is 24.3 Å². The molecular weight excluding hydrogens is 326 g/mol. The topological polar surface area (TPSA) is 83.1 Å². The van der Waals surface area contributed by atoms with Crippen LogP contribution in [0, 0.1) is 0 Å². The Morgan fingerprint density at radius 1 is 1.24 bits per heavy atom. The quantitative estimate of drug-likeness (QED) is 0.511. The van der Waals surface area contributed by atoms with Gasteiger partial charge in [0.25, 0.3) is 5.91 Å². The molecule has 0 fully saturated rings. The number of hydrogen-bond acceptors (Lipinski definition) is 6. The summed E-state index contributed by atoms with van der Waals surface area (Å²) < 4.78 is 20.5. The molecule has 0 unspecified atom stereocenters. The van der Waals surface area contributed by atoms with Crippen molar-refractivity contribution in [3.8, 4) is 11.5 Å². The molecule has 1 N–H and O–H groups in total. The van der Waals surface area contributed by atoms with Crippen molar-refractivity contribution in [2.45, 2.75) is 20.0 Å². The van der Waals surface area contributed by atoms with Gasteiger partial charge in [-0.15, -0.1) is 0 Å². The zero-order valence-corrected chi connectivity index (χ0v) is 15.0. The summed E-state index contributed by atoms with van der Waals surface area (Å²) in [5, 5.41) is 2.59. The van der Waals surface area contributed by atoms with Crippen LogP contribution in [-0.2, 0) is 19.1 Å². The van der Waals surface area contributed by atoms with E-state index in [9.17, 15) is 9.59 Å². The van der Waals surface area contributed by atoms with Crippen molar-refractivity contribution in [2.24, 2.45) is 0 Å². The van der Waals surface area contributed by atoms with Gasteiger partial charge < -0.3 is 24.3 Å². The Kier molecular flexibility index (Phi) is 9.10. The maximum Gasteiger partial charge on any atom is 0.344 e. The summed E-state index contributed by atoms with van der Waals surface area (Å²) in [4.78, 5) is 23.5. The third kappa shape index (κ3) is 7.26. The van der Waals surface area contributed by atoms with Crippen LogP contribution in [-0.4, -0.2) is 52.0 Å². The van der Waals surface area contributed by atoms with E-state index in [4.69, 9.17) is 18.9 Å². The molecule has 0 spiro atoms. The molecule has 1 atom stereocenters. The average Bonchev–Trinajstić information content (AvgIpc) is 2.60.